The molecule has 1 fully saturated rings. The van der Waals surface area contributed by atoms with Gasteiger partial charge in [-0.1, -0.05) is 0 Å². The summed E-state index contributed by atoms with van der Waals surface area (Å²) in [5, 5.41) is 0. The Labute approximate surface area is 109 Å². The van der Waals surface area contributed by atoms with Gasteiger partial charge in [-0.05, 0) is 33.6 Å². The molecule has 6 nitrogen and oxygen atoms in total. The second-order valence-corrected chi connectivity index (χ2v) is 4.92. The van der Waals surface area contributed by atoms with Crippen molar-refractivity contribution in [2.24, 2.45) is 0 Å². The standard InChI is InChI=1S/C12H22N6/c1-16(2)4-3-5-17-6-8-18(9-7-17)12-14-10-13-11-15-12/h10-11H,3-9H2,1-2H3. The van der Waals surface area contributed by atoms with Gasteiger partial charge in [0.1, 0.15) is 12.7 Å². The molecule has 0 aliphatic carbocycles. The highest BCUT2D eigenvalue weighted by molar-refractivity contribution is 5.28. The molecule has 0 saturated carbocycles. The molecule has 1 aromatic rings. The minimum absolute atomic E-state index is 0.804. The summed E-state index contributed by atoms with van der Waals surface area (Å²) < 4.78 is 0. The van der Waals surface area contributed by atoms with Crippen LogP contribution in [0.3, 0.4) is 0 Å². The summed E-state index contributed by atoms with van der Waals surface area (Å²) in [5.41, 5.74) is 0. The molecule has 0 radical (unpaired) electrons. The van der Waals surface area contributed by atoms with Gasteiger partial charge in [0.2, 0.25) is 5.95 Å². The Hall–Kier alpha value is -1.27. The number of nitrogens with zero attached hydrogens (tertiary/aromatic N) is 6. The van der Waals surface area contributed by atoms with Crippen molar-refractivity contribution in [3.63, 3.8) is 0 Å². The summed E-state index contributed by atoms with van der Waals surface area (Å²) in [5.74, 6) is 0.804. The van der Waals surface area contributed by atoms with Gasteiger partial charge in [0, 0.05) is 26.2 Å². The third kappa shape index (κ3) is 3.89. The lowest BCUT2D eigenvalue weighted by molar-refractivity contribution is 0.241. The SMILES string of the molecule is CN(C)CCCN1CCN(c2ncncn2)CC1. The average molecular weight is 250 g/mol. The highest BCUT2D eigenvalue weighted by atomic mass is 15.3. The van der Waals surface area contributed by atoms with Crippen LogP contribution in [0.15, 0.2) is 12.7 Å². The zero-order chi connectivity index (χ0) is 12.8. The van der Waals surface area contributed by atoms with Crippen molar-refractivity contribution in [3.05, 3.63) is 12.7 Å². The minimum Gasteiger partial charge on any atom is -0.338 e. The molecule has 2 heterocycles. The Balaban J connectivity index is 1.71. The van der Waals surface area contributed by atoms with Gasteiger partial charge in [0.05, 0.1) is 0 Å². The fraction of sp³-hybridized carbons (Fsp3) is 0.750. The fourth-order valence-corrected chi connectivity index (χ4v) is 2.18. The monoisotopic (exact) mass is 250 g/mol. The van der Waals surface area contributed by atoms with E-state index in [-0.39, 0.29) is 0 Å². The molecule has 100 valence electrons. The van der Waals surface area contributed by atoms with Crippen LogP contribution in [-0.4, -0.2) is 78.1 Å². The maximum atomic E-state index is 4.19. The maximum absolute atomic E-state index is 4.19. The zero-order valence-electron chi connectivity index (χ0n) is 11.3. The molecule has 0 bridgehead atoms. The smallest absolute Gasteiger partial charge is 0.228 e. The average Bonchev–Trinajstić information content (AvgIpc) is 2.40. The molecule has 0 aromatic carbocycles. The molecule has 0 spiro atoms. The second kappa shape index (κ2) is 6.61. The minimum atomic E-state index is 0.804. The van der Waals surface area contributed by atoms with Crippen molar-refractivity contribution in [1.82, 2.24) is 24.8 Å². The molecular formula is C12H22N6. The Morgan fingerprint density at radius 2 is 1.78 bits per heavy atom. The summed E-state index contributed by atoms with van der Waals surface area (Å²) in [6, 6.07) is 0. The number of aromatic nitrogens is 3. The summed E-state index contributed by atoms with van der Waals surface area (Å²) in [6.07, 6.45) is 4.36. The Morgan fingerprint density at radius 1 is 1.11 bits per heavy atom. The first-order chi connectivity index (χ1) is 8.75. The predicted molar refractivity (Wildman–Crippen MR) is 71.7 cm³/mol. The van der Waals surface area contributed by atoms with Gasteiger partial charge in [-0.15, -0.1) is 0 Å². The summed E-state index contributed by atoms with van der Waals surface area (Å²) in [7, 11) is 4.25. The van der Waals surface area contributed by atoms with Crippen LogP contribution in [0.1, 0.15) is 6.42 Å². The Morgan fingerprint density at radius 3 is 2.39 bits per heavy atom. The van der Waals surface area contributed by atoms with Crippen molar-refractivity contribution in [2.45, 2.75) is 6.42 Å². The lowest BCUT2D eigenvalue weighted by atomic mass is 10.3. The predicted octanol–water partition coefficient (Wildman–Crippen LogP) is -0.0547. The Bertz CT molecular complexity index is 334. The molecule has 1 aromatic heterocycles. The van der Waals surface area contributed by atoms with Crippen LogP contribution in [0.2, 0.25) is 0 Å². The molecule has 1 aliphatic heterocycles. The van der Waals surface area contributed by atoms with Gasteiger partial charge in [-0.3, -0.25) is 4.90 Å². The molecule has 18 heavy (non-hydrogen) atoms. The third-order valence-corrected chi connectivity index (χ3v) is 3.21. The molecule has 1 aliphatic rings. The number of rotatable bonds is 5. The molecule has 6 heteroatoms. The largest absolute Gasteiger partial charge is 0.338 e. The number of hydrogen-bond acceptors (Lipinski definition) is 6. The van der Waals surface area contributed by atoms with E-state index in [1.54, 1.807) is 12.7 Å². The van der Waals surface area contributed by atoms with E-state index in [1.807, 2.05) is 0 Å². The molecule has 0 unspecified atom stereocenters. The topological polar surface area (TPSA) is 48.4 Å². The van der Waals surface area contributed by atoms with Crippen LogP contribution in [0.5, 0.6) is 0 Å². The van der Waals surface area contributed by atoms with Crippen LogP contribution in [-0.2, 0) is 0 Å². The molecule has 2 rings (SSSR count). The van der Waals surface area contributed by atoms with Gasteiger partial charge >= 0.3 is 0 Å². The second-order valence-electron chi connectivity index (χ2n) is 4.92. The highest BCUT2D eigenvalue weighted by Crippen LogP contribution is 2.09. The first-order valence-electron chi connectivity index (χ1n) is 6.50. The van der Waals surface area contributed by atoms with E-state index < -0.39 is 0 Å². The van der Waals surface area contributed by atoms with Crippen molar-refractivity contribution < 1.29 is 0 Å². The van der Waals surface area contributed by atoms with Crippen molar-refractivity contribution in [3.8, 4) is 0 Å². The van der Waals surface area contributed by atoms with Crippen molar-refractivity contribution in [1.29, 1.82) is 0 Å². The summed E-state index contributed by atoms with van der Waals surface area (Å²) >= 11 is 0. The van der Waals surface area contributed by atoms with E-state index in [0.717, 1.165) is 38.7 Å². The highest BCUT2D eigenvalue weighted by Gasteiger charge is 2.18. The molecule has 0 N–H and O–H groups in total. The van der Waals surface area contributed by atoms with E-state index in [2.05, 4.69) is 43.7 Å². The Kier molecular flexibility index (Phi) is 4.83. The van der Waals surface area contributed by atoms with E-state index in [9.17, 15) is 0 Å². The van der Waals surface area contributed by atoms with E-state index in [0.29, 0.717) is 0 Å². The normalized spacial score (nSPS) is 17.4. The van der Waals surface area contributed by atoms with Gasteiger partial charge in [0.15, 0.2) is 0 Å². The number of hydrogen-bond donors (Lipinski definition) is 0. The van der Waals surface area contributed by atoms with Crippen molar-refractivity contribution in [2.75, 3.05) is 58.3 Å². The molecule has 0 amide bonds. The van der Waals surface area contributed by atoms with E-state index >= 15 is 0 Å². The first kappa shape index (κ1) is 13.2. The third-order valence-electron chi connectivity index (χ3n) is 3.21. The number of piperazine rings is 1. The zero-order valence-corrected chi connectivity index (χ0v) is 11.3. The number of anilines is 1. The van der Waals surface area contributed by atoms with Crippen LogP contribution < -0.4 is 4.90 Å². The fourth-order valence-electron chi connectivity index (χ4n) is 2.18. The lowest BCUT2D eigenvalue weighted by Gasteiger charge is -2.34. The first-order valence-corrected chi connectivity index (χ1v) is 6.50. The summed E-state index contributed by atoms with van der Waals surface area (Å²) in [4.78, 5) is 19.2. The van der Waals surface area contributed by atoms with E-state index in [1.165, 1.54) is 13.0 Å². The van der Waals surface area contributed by atoms with Gasteiger partial charge in [-0.25, -0.2) is 15.0 Å². The van der Waals surface area contributed by atoms with Crippen LogP contribution in [0.25, 0.3) is 0 Å². The van der Waals surface area contributed by atoms with E-state index in [4.69, 9.17) is 0 Å². The van der Waals surface area contributed by atoms with Gasteiger partial charge in [-0.2, -0.15) is 0 Å². The molecule has 0 atom stereocenters. The quantitative estimate of drug-likeness (QED) is 0.730. The maximum Gasteiger partial charge on any atom is 0.228 e. The van der Waals surface area contributed by atoms with Crippen molar-refractivity contribution >= 4 is 5.95 Å². The van der Waals surface area contributed by atoms with Crippen LogP contribution in [0.4, 0.5) is 5.95 Å². The van der Waals surface area contributed by atoms with Gasteiger partial charge in [0.25, 0.3) is 0 Å². The van der Waals surface area contributed by atoms with Crippen LogP contribution in [0, 0.1) is 0 Å². The molecular weight excluding hydrogens is 228 g/mol. The summed E-state index contributed by atoms with van der Waals surface area (Å²) in [6.45, 7) is 6.55. The lowest BCUT2D eigenvalue weighted by Crippen LogP contribution is -2.47. The van der Waals surface area contributed by atoms with Gasteiger partial charge < -0.3 is 9.80 Å². The molecule has 1 saturated heterocycles. The van der Waals surface area contributed by atoms with Crippen LogP contribution >= 0.6 is 0 Å².